The van der Waals surface area contributed by atoms with Crippen LogP contribution in [0.15, 0.2) is 41.3 Å². The van der Waals surface area contributed by atoms with Gasteiger partial charge in [0.05, 0.1) is 28.5 Å². The number of hydrogen-bond acceptors (Lipinski definition) is 5. The van der Waals surface area contributed by atoms with Crippen molar-refractivity contribution >= 4 is 44.6 Å². The molecule has 0 aliphatic carbocycles. The highest BCUT2D eigenvalue weighted by molar-refractivity contribution is 7.89. The lowest BCUT2D eigenvalue weighted by Gasteiger charge is -2.27. The van der Waals surface area contributed by atoms with Gasteiger partial charge in [0.15, 0.2) is 0 Å². The van der Waals surface area contributed by atoms with Gasteiger partial charge in [0.2, 0.25) is 15.9 Å². The predicted octanol–water partition coefficient (Wildman–Crippen LogP) is 3.77. The Labute approximate surface area is 187 Å². The molecule has 7 nitrogen and oxygen atoms in total. The second-order valence-corrected chi connectivity index (χ2v) is 9.94. The van der Waals surface area contributed by atoms with Crippen LogP contribution in [0.25, 0.3) is 0 Å². The van der Waals surface area contributed by atoms with Gasteiger partial charge in [0.25, 0.3) is 0 Å². The lowest BCUT2D eigenvalue weighted by molar-refractivity contribution is -0.114. The van der Waals surface area contributed by atoms with Gasteiger partial charge in [-0.1, -0.05) is 18.0 Å². The molecule has 1 amide bonds. The predicted molar refractivity (Wildman–Crippen MR) is 122 cm³/mol. The van der Waals surface area contributed by atoms with E-state index in [0.717, 1.165) is 24.9 Å². The van der Waals surface area contributed by atoms with E-state index in [-0.39, 0.29) is 17.1 Å². The van der Waals surface area contributed by atoms with Crippen LogP contribution in [-0.4, -0.2) is 52.4 Å². The lowest BCUT2D eigenvalue weighted by atomic mass is 10.2. The van der Waals surface area contributed by atoms with Crippen molar-refractivity contribution in [2.45, 2.75) is 24.2 Å². The highest BCUT2D eigenvalue weighted by atomic mass is 35.5. The zero-order chi connectivity index (χ0) is 22.6. The van der Waals surface area contributed by atoms with Crippen LogP contribution in [-0.2, 0) is 14.8 Å². The highest BCUT2D eigenvalue weighted by Gasteiger charge is 2.26. The molecule has 0 atom stereocenters. The largest absolute Gasteiger partial charge is 0.376 e. The maximum atomic E-state index is 13.9. The molecule has 1 fully saturated rings. The molecule has 31 heavy (non-hydrogen) atoms. The van der Waals surface area contributed by atoms with Crippen molar-refractivity contribution < 1.29 is 17.6 Å². The molecule has 0 spiro atoms. The van der Waals surface area contributed by atoms with Gasteiger partial charge in [-0.05, 0) is 49.2 Å². The Bertz CT molecular complexity index is 1060. The number of nitrogens with zero attached hydrogens (tertiary/aromatic N) is 2. The molecule has 1 saturated heterocycles. The molecule has 1 aliphatic rings. The number of nitrogens with one attached hydrogen (secondary N) is 2. The number of piperidine rings is 1. The number of carbonyl (C=O) groups excluding carboxylic acids is 1. The first kappa shape index (κ1) is 23.3. The van der Waals surface area contributed by atoms with Crippen LogP contribution in [0.3, 0.4) is 0 Å². The Morgan fingerprint density at radius 2 is 1.81 bits per heavy atom. The molecular formula is C21H26ClFN4O3S. The molecule has 0 bridgehead atoms. The molecular weight excluding hydrogens is 443 g/mol. The van der Waals surface area contributed by atoms with Gasteiger partial charge in [0, 0.05) is 32.2 Å². The molecule has 1 aliphatic heterocycles. The smallest absolute Gasteiger partial charge is 0.243 e. The van der Waals surface area contributed by atoms with E-state index in [1.165, 1.54) is 28.6 Å². The normalized spacial score (nSPS) is 14.8. The summed E-state index contributed by atoms with van der Waals surface area (Å²) in [5.74, 6) is -1.09. The Morgan fingerprint density at radius 3 is 2.48 bits per heavy atom. The minimum Gasteiger partial charge on any atom is -0.376 e. The summed E-state index contributed by atoms with van der Waals surface area (Å²) >= 11 is 5.85. The zero-order valence-corrected chi connectivity index (χ0v) is 19.1. The van der Waals surface area contributed by atoms with Gasteiger partial charge in [-0.25, -0.2) is 12.8 Å². The second kappa shape index (κ2) is 9.84. The van der Waals surface area contributed by atoms with E-state index in [2.05, 4.69) is 10.6 Å². The quantitative estimate of drug-likeness (QED) is 0.646. The molecule has 2 aromatic rings. The van der Waals surface area contributed by atoms with Crippen LogP contribution in [0.1, 0.15) is 19.3 Å². The van der Waals surface area contributed by atoms with E-state index in [1.807, 2.05) is 19.0 Å². The standard InChI is InChI=1S/C21H26ClFN4O3S/c1-26(2)20-9-7-16(31(29,30)27-10-4-3-5-11-27)13-19(20)24-14-21(28)25-18-12-15(22)6-8-17(18)23/h6-9,12-13,24H,3-5,10-11,14H2,1-2H3,(H,25,28). The van der Waals surface area contributed by atoms with Gasteiger partial charge in [0.1, 0.15) is 5.82 Å². The van der Waals surface area contributed by atoms with E-state index < -0.39 is 21.7 Å². The summed E-state index contributed by atoms with van der Waals surface area (Å²) in [5.41, 5.74) is 1.19. The van der Waals surface area contributed by atoms with Crippen molar-refractivity contribution in [3.63, 3.8) is 0 Å². The summed E-state index contributed by atoms with van der Waals surface area (Å²) in [5, 5.41) is 5.74. The molecule has 10 heteroatoms. The summed E-state index contributed by atoms with van der Waals surface area (Å²) in [6.45, 7) is 0.836. The summed E-state index contributed by atoms with van der Waals surface area (Å²) in [7, 11) is 0.0259. The summed E-state index contributed by atoms with van der Waals surface area (Å²) in [6, 6.07) is 8.70. The van der Waals surface area contributed by atoms with Gasteiger partial charge < -0.3 is 15.5 Å². The number of amides is 1. The third-order valence-corrected chi connectivity index (χ3v) is 7.17. The number of benzene rings is 2. The summed E-state index contributed by atoms with van der Waals surface area (Å²) in [4.78, 5) is 14.3. The first-order chi connectivity index (χ1) is 14.7. The van der Waals surface area contributed by atoms with Crippen LogP contribution in [0, 0.1) is 5.82 Å². The minimum absolute atomic E-state index is 0.0199. The molecule has 1 heterocycles. The first-order valence-electron chi connectivity index (χ1n) is 9.99. The van der Waals surface area contributed by atoms with Crippen molar-refractivity contribution in [1.82, 2.24) is 4.31 Å². The number of rotatable bonds is 7. The molecule has 0 unspecified atom stereocenters. The van der Waals surface area contributed by atoms with E-state index in [1.54, 1.807) is 12.1 Å². The van der Waals surface area contributed by atoms with Crippen LogP contribution < -0.4 is 15.5 Å². The molecule has 2 aromatic carbocycles. The lowest BCUT2D eigenvalue weighted by Crippen LogP contribution is -2.35. The van der Waals surface area contributed by atoms with E-state index in [9.17, 15) is 17.6 Å². The molecule has 0 radical (unpaired) electrons. The zero-order valence-electron chi connectivity index (χ0n) is 17.5. The maximum absolute atomic E-state index is 13.9. The van der Waals surface area contributed by atoms with E-state index in [0.29, 0.717) is 23.8 Å². The molecule has 0 saturated carbocycles. The fourth-order valence-corrected chi connectivity index (χ4v) is 5.14. The SMILES string of the molecule is CN(C)c1ccc(S(=O)(=O)N2CCCCC2)cc1NCC(=O)Nc1cc(Cl)ccc1F. The Morgan fingerprint density at radius 1 is 1.10 bits per heavy atom. The number of halogens is 2. The molecule has 168 valence electrons. The van der Waals surface area contributed by atoms with E-state index in [4.69, 9.17) is 11.6 Å². The van der Waals surface area contributed by atoms with Crippen molar-refractivity contribution in [3.05, 3.63) is 47.2 Å². The highest BCUT2D eigenvalue weighted by Crippen LogP contribution is 2.30. The topological polar surface area (TPSA) is 81.8 Å². The van der Waals surface area contributed by atoms with Crippen LogP contribution in [0.4, 0.5) is 21.5 Å². The fraction of sp³-hybridized carbons (Fsp3) is 0.381. The minimum atomic E-state index is -3.61. The summed E-state index contributed by atoms with van der Waals surface area (Å²) in [6.07, 6.45) is 2.72. The maximum Gasteiger partial charge on any atom is 0.243 e. The monoisotopic (exact) mass is 468 g/mol. The second-order valence-electron chi connectivity index (χ2n) is 7.56. The van der Waals surface area contributed by atoms with Gasteiger partial charge in [-0.3, -0.25) is 4.79 Å². The average Bonchev–Trinajstić information content (AvgIpc) is 2.75. The Balaban J connectivity index is 1.78. The third-order valence-electron chi connectivity index (χ3n) is 5.04. The van der Waals surface area contributed by atoms with Gasteiger partial charge in [-0.15, -0.1) is 0 Å². The van der Waals surface area contributed by atoms with Crippen molar-refractivity contribution in [3.8, 4) is 0 Å². The average molecular weight is 469 g/mol. The molecule has 2 N–H and O–H groups in total. The number of anilines is 3. The van der Waals surface area contributed by atoms with Gasteiger partial charge >= 0.3 is 0 Å². The number of hydrogen-bond donors (Lipinski definition) is 2. The number of sulfonamides is 1. The molecule has 0 aromatic heterocycles. The van der Waals surface area contributed by atoms with Crippen molar-refractivity contribution in [2.75, 3.05) is 49.3 Å². The summed E-state index contributed by atoms with van der Waals surface area (Å²) < 4.78 is 41.4. The molecule has 3 rings (SSSR count). The Hall–Kier alpha value is -2.36. The number of carbonyl (C=O) groups is 1. The van der Waals surface area contributed by atoms with Crippen molar-refractivity contribution in [1.29, 1.82) is 0 Å². The van der Waals surface area contributed by atoms with Crippen LogP contribution in [0.5, 0.6) is 0 Å². The van der Waals surface area contributed by atoms with Gasteiger partial charge in [-0.2, -0.15) is 4.31 Å². The first-order valence-corrected chi connectivity index (χ1v) is 11.8. The third kappa shape index (κ3) is 5.66. The fourth-order valence-electron chi connectivity index (χ4n) is 3.42. The Kier molecular flexibility index (Phi) is 7.40. The van der Waals surface area contributed by atoms with Crippen LogP contribution in [0.2, 0.25) is 5.02 Å². The van der Waals surface area contributed by atoms with Crippen LogP contribution >= 0.6 is 11.6 Å². The van der Waals surface area contributed by atoms with Crippen molar-refractivity contribution in [2.24, 2.45) is 0 Å². The van der Waals surface area contributed by atoms with E-state index >= 15 is 0 Å².